The van der Waals surface area contributed by atoms with Crippen LogP contribution in [0.2, 0.25) is 0 Å². The van der Waals surface area contributed by atoms with E-state index in [1.165, 1.54) is 6.92 Å². The van der Waals surface area contributed by atoms with E-state index >= 15 is 0 Å². The van der Waals surface area contributed by atoms with E-state index in [2.05, 4.69) is 13.2 Å². The molecule has 0 aromatic heterocycles. The Kier molecular flexibility index (Phi) is 3.98. The Labute approximate surface area is 124 Å². The van der Waals surface area contributed by atoms with Gasteiger partial charge >= 0.3 is 0 Å². The van der Waals surface area contributed by atoms with E-state index in [0.717, 1.165) is 16.8 Å². The van der Waals surface area contributed by atoms with Gasteiger partial charge in [0.05, 0.1) is 23.6 Å². The van der Waals surface area contributed by atoms with Gasteiger partial charge in [-0.1, -0.05) is 43.5 Å². The Morgan fingerprint density at radius 3 is 2.43 bits per heavy atom. The lowest BCUT2D eigenvalue weighted by Crippen LogP contribution is -2.33. The maximum atomic E-state index is 12.0. The molecule has 4 heteroatoms. The average molecular weight is 281 g/mol. The highest BCUT2D eigenvalue weighted by Gasteiger charge is 2.22. The first kappa shape index (κ1) is 14.7. The minimum atomic E-state index is -0.0708. The molecule has 0 saturated heterocycles. The van der Waals surface area contributed by atoms with E-state index in [9.17, 15) is 4.79 Å². The van der Waals surface area contributed by atoms with Crippen molar-refractivity contribution in [1.82, 2.24) is 0 Å². The van der Waals surface area contributed by atoms with Gasteiger partial charge in [0.15, 0.2) is 0 Å². The first-order valence-electron chi connectivity index (χ1n) is 6.62. The first-order valence-corrected chi connectivity index (χ1v) is 6.62. The van der Waals surface area contributed by atoms with Crippen molar-refractivity contribution in [2.24, 2.45) is 11.5 Å². The van der Waals surface area contributed by atoms with Crippen molar-refractivity contribution in [3.63, 3.8) is 0 Å². The highest BCUT2D eigenvalue weighted by molar-refractivity contribution is 5.96. The van der Waals surface area contributed by atoms with Gasteiger partial charge in [-0.15, -0.1) is 0 Å². The number of nitrogens with two attached hydrogens (primary N) is 2. The Morgan fingerprint density at radius 2 is 1.86 bits per heavy atom. The molecular formula is C17H19N3O. The first-order chi connectivity index (χ1) is 10.0. The van der Waals surface area contributed by atoms with Gasteiger partial charge in [0, 0.05) is 18.1 Å². The molecule has 4 nitrogen and oxygen atoms in total. The van der Waals surface area contributed by atoms with Crippen LogP contribution in [-0.4, -0.2) is 12.5 Å². The Morgan fingerprint density at radius 1 is 1.19 bits per heavy atom. The number of para-hydroxylation sites is 1. The second-order valence-corrected chi connectivity index (χ2v) is 4.80. The molecule has 1 amide bonds. The van der Waals surface area contributed by atoms with Crippen molar-refractivity contribution in [3.05, 3.63) is 72.0 Å². The second-order valence-electron chi connectivity index (χ2n) is 4.80. The summed E-state index contributed by atoms with van der Waals surface area (Å²) in [6.45, 7) is 9.49. The molecule has 1 aromatic rings. The minimum absolute atomic E-state index is 0.0708. The number of benzene rings is 1. The summed E-state index contributed by atoms with van der Waals surface area (Å²) in [5, 5.41) is 0. The summed E-state index contributed by atoms with van der Waals surface area (Å²) in [6, 6.07) is 7.44. The third kappa shape index (κ3) is 2.48. The van der Waals surface area contributed by atoms with Gasteiger partial charge in [-0.3, -0.25) is 4.79 Å². The van der Waals surface area contributed by atoms with Crippen LogP contribution < -0.4 is 16.4 Å². The lowest BCUT2D eigenvalue weighted by atomic mass is 9.96. The quantitative estimate of drug-likeness (QED) is 0.873. The number of rotatable bonds is 2. The zero-order valence-electron chi connectivity index (χ0n) is 12.1. The van der Waals surface area contributed by atoms with Crippen molar-refractivity contribution in [2.45, 2.75) is 6.92 Å². The Balaban J connectivity index is 2.82. The maximum Gasteiger partial charge on any atom is 0.224 e. The highest BCUT2D eigenvalue weighted by atomic mass is 16.2. The molecule has 108 valence electrons. The molecule has 4 N–H and O–H groups in total. The molecule has 0 saturated carbocycles. The normalized spacial score (nSPS) is 22.0. The monoisotopic (exact) mass is 281 g/mol. The number of amides is 1. The van der Waals surface area contributed by atoms with Crippen LogP contribution in [-0.2, 0) is 4.79 Å². The fourth-order valence-electron chi connectivity index (χ4n) is 2.44. The topological polar surface area (TPSA) is 72.3 Å². The lowest BCUT2D eigenvalue weighted by Gasteiger charge is -2.28. The van der Waals surface area contributed by atoms with Crippen molar-refractivity contribution in [1.29, 1.82) is 0 Å². The van der Waals surface area contributed by atoms with Crippen molar-refractivity contribution >= 4 is 17.3 Å². The third-order valence-corrected chi connectivity index (χ3v) is 3.57. The number of nitrogens with zero attached hydrogens (tertiary/aromatic N) is 1. The lowest BCUT2D eigenvalue weighted by molar-refractivity contribution is -0.116. The average Bonchev–Trinajstić information content (AvgIpc) is 2.48. The van der Waals surface area contributed by atoms with E-state index in [1.54, 1.807) is 17.1 Å². The predicted octanol–water partition coefficient (Wildman–Crippen LogP) is 2.31. The summed E-state index contributed by atoms with van der Waals surface area (Å²) in [4.78, 5) is 13.7. The molecule has 21 heavy (non-hydrogen) atoms. The summed E-state index contributed by atoms with van der Waals surface area (Å²) in [5.74, 6) is -0.0708. The van der Waals surface area contributed by atoms with Crippen LogP contribution in [0.1, 0.15) is 12.5 Å². The molecular weight excluding hydrogens is 262 g/mol. The number of anilines is 1. The molecule has 0 bridgehead atoms. The van der Waals surface area contributed by atoms with Gasteiger partial charge in [0.25, 0.3) is 0 Å². The number of carbonyl (C=O) groups is 1. The molecule has 2 rings (SSSR count). The summed E-state index contributed by atoms with van der Waals surface area (Å²) >= 11 is 0. The van der Waals surface area contributed by atoms with E-state index in [1.807, 2.05) is 24.3 Å². The molecule has 0 spiro atoms. The molecule has 0 atom stereocenters. The Bertz CT molecular complexity index is 683. The number of hydrogen-bond acceptors (Lipinski definition) is 3. The van der Waals surface area contributed by atoms with Crippen LogP contribution in [0.4, 0.5) is 5.69 Å². The van der Waals surface area contributed by atoms with Gasteiger partial charge in [-0.05, 0) is 11.6 Å². The van der Waals surface area contributed by atoms with Crippen LogP contribution in [0.25, 0.3) is 5.70 Å². The fourth-order valence-corrected chi connectivity index (χ4v) is 2.44. The minimum Gasteiger partial charge on any atom is -0.397 e. The fraction of sp³-hybridized carbons (Fsp3) is 0.118. The molecule has 1 aliphatic heterocycles. The highest BCUT2D eigenvalue weighted by Crippen LogP contribution is 2.32. The second kappa shape index (κ2) is 5.71. The van der Waals surface area contributed by atoms with E-state index < -0.39 is 0 Å². The Hall–Kier alpha value is -2.75. The van der Waals surface area contributed by atoms with Crippen LogP contribution in [0.5, 0.6) is 0 Å². The SMILES string of the molecule is C=C/C1=C(C=C)/C(N)=C(/N)c2ccccc2N(C(C)=O)C1. The zero-order valence-corrected chi connectivity index (χ0v) is 12.1. The van der Waals surface area contributed by atoms with Crippen molar-refractivity contribution in [2.75, 3.05) is 11.4 Å². The van der Waals surface area contributed by atoms with Gasteiger partial charge in [0.1, 0.15) is 0 Å². The summed E-state index contributed by atoms with van der Waals surface area (Å²) in [7, 11) is 0. The van der Waals surface area contributed by atoms with E-state index in [4.69, 9.17) is 11.5 Å². The number of fused-ring (bicyclic) bond motifs is 1. The molecule has 0 unspecified atom stereocenters. The molecule has 1 aromatic carbocycles. The van der Waals surface area contributed by atoms with Crippen LogP contribution in [0.15, 0.2) is 66.4 Å². The van der Waals surface area contributed by atoms with Gasteiger partial charge in [0.2, 0.25) is 5.91 Å². The smallest absolute Gasteiger partial charge is 0.224 e. The van der Waals surface area contributed by atoms with Crippen molar-refractivity contribution in [3.8, 4) is 0 Å². The molecule has 1 heterocycles. The number of hydrogen-bond donors (Lipinski definition) is 2. The van der Waals surface area contributed by atoms with E-state index in [0.29, 0.717) is 23.5 Å². The summed E-state index contributed by atoms with van der Waals surface area (Å²) in [5.41, 5.74) is 16.3. The number of allylic oxidation sites excluding steroid dienone is 1. The molecule has 0 aliphatic carbocycles. The van der Waals surface area contributed by atoms with E-state index in [-0.39, 0.29) is 5.91 Å². The van der Waals surface area contributed by atoms with Gasteiger partial charge < -0.3 is 16.4 Å². The largest absolute Gasteiger partial charge is 0.397 e. The molecule has 0 fully saturated rings. The van der Waals surface area contributed by atoms with Gasteiger partial charge in [-0.25, -0.2) is 0 Å². The standard InChI is InChI=1S/C17H19N3O/c1-4-12-10-20(11(3)21)15-9-7-6-8-14(15)17(19)16(18)13(12)5-2/h4-9H,1-2,10,18-19H2,3H3/b13-12-,17-16-. The molecule has 1 aliphatic rings. The van der Waals surface area contributed by atoms with Crippen LogP contribution in [0.3, 0.4) is 0 Å². The van der Waals surface area contributed by atoms with Gasteiger partial charge in [-0.2, -0.15) is 0 Å². The molecule has 0 radical (unpaired) electrons. The third-order valence-electron chi connectivity index (χ3n) is 3.57. The zero-order chi connectivity index (χ0) is 15.6. The summed E-state index contributed by atoms with van der Waals surface area (Å²) in [6.07, 6.45) is 3.33. The van der Waals surface area contributed by atoms with Crippen molar-refractivity contribution < 1.29 is 4.79 Å². The maximum absolute atomic E-state index is 12.0. The number of carbonyl (C=O) groups excluding carboxylic acids is 1. The van der Waals surface area contributed by atoms with Crippen LogP contribution in [0, 0.1) is 0 Å². The predicted molar refractivity (Wildman–Crippen MR) is 87.2 cm³/mol. The summed E-state index contributed by atoms with van der Waals surface area (Å²) < 4.78 is 0. The van der Waals surface area contributed by atoms with Crippen LogP contribution >= 0.6 is 0 Å².